The Kier molecular flexibility index (Phi) is 5.57. The smallest absolute Gasteiger partial charge is 0.422 e. The molecule has 0 unspecified atom stereocenters. The number of rotatable bonds is 5. The van der Waals surface area contributed by atoms with Gasteiger partial charge in [0.2, 0.25) is 0 Å². The maximum absolute atomic E-state index is 12.1. The number of aryl methyl sites for hydroxylation is 1. The minimum absolute atomic E-state index is 0.281. The van der Waals surface area contributed by atoms with E-state index < -0.39 is 31.3 Å². The Bertz CT molecular complexity index is 516. The van der Waals surface area contributed by atoms with Crippen LogP contribution in [0.5, 0.6) is 0 Å². The number of nitrogens with zero attached hydrogens (tertiary/aromatic N) is 1. The van der Waals surface area contributed by atoms with E-state index in [0.29, 0.717) is 11.3 Å². The summed E-state index contributed by atoms with van der Waals surface area (Å²) in [5, 5.41) is 8.66. The highest BCUT2D eigenvalue weighted by atomic mass is 19.4. The number of amides is 1. The maximum Gasteiger partial charge on any atom is 0.422 e. The van der Waals surface area contributed by atoms with Crippen molar-refractivity contribution in [2.75, 3.05) is 18.1 Å². The van der Waals surface area contributed by atoms with Crippen LogP contribution in [0.15, 0.2) is 24.3 Å². The zero-order valence-electron chi connectivity index (χ0n) is 11.2. The minimum Gasteiger partial charge on any atom is -0.481 e. The fraction of sp³-hybridized carbons (Fsp3) is 0.385. The molecule has 0 radical (unpaired) electrons. The third kappa shape index (κ3) is 5.72. The van der Waals surface area contributed by atoms with Crippen LogP contribution in [0.3, 0.4) is 0 Å². The third-order valence-electron chi connectivity index (χ3n) is 2.54. The molecule has 0 heterocycles. The molecule has 1 rings (SSSR count). The first kappa shape index (κ1) is 16.8. The van der Waals surface area contributed by atoms with Gasteiger partial charge in [-0.2, -0.15) is 13.2 Å². The summed E-state index contributed by atoms with van der Waals surface area (Å²) >= 11 is 0. The van der Waals surface area contributed by atoms with Crippen LogP contribution in [0.25, 0.3) is 0 Å². The van der Waals surface area contributed by atoms with Gasteiger partial charge in [-0.05, 0) is 18.6 Å². The van der Waals surface area contributed by atoms with Crippen molar-refractivity contribution < 1.29 is 32.6 Å². The van der Waals surface area contributed by atoms with E-state index in [4.69, 9.17) is 5.11 Å². The Morgan fingerprint density at radius 2 is 1.90 bits per heavy atom. The normalized spacial score (nSPS) is 11.0. The van der Waals surface area contributed by atoms with Crippen molar-refractivity contribution in [2.45, 2.75) is 19.5 Å². The van der Waals surface area contributed by atoms with E-state index in [0.717, 1.165) is 4.90 Å². The Morgan fingerprint density at radius 3 is 2.43 bits per heavy atom. The summed E-state index contributed by atoms with van der Waals surface area (Å²) in [6.07, 6.45) is -6.28. The molecule has 0 spiro atoms. The Morgan fingerprint density at radius 1 is 1.29 bits per heavy atom. The summed E-state index contributed by atoms with van der Waals surface area (Å²) in [4.78, 5) is 23.3. The van der Waals surface area contributed by atoms with Gasteiger partial charge in [0, 0.05) is 12.2 Å². The van der Waals surface area contributed by atoms with Crippen LogP contribution in [0.2, 0.25) is 0 Å². The molecule has 0 aliphatic rings. The summed E-state index contributed by atoms with van der Waals surface area (Å²) in [5.41, 5.74) is 0.928. The van der Waals surface area contributed by atoms with E-state index in [2.05, 4.69) is 4.74 Å². The summed E-state index contributed by atoms with van der Waals surface area (Å²) in [5.74, 6) is -1.17. The molecule has 0 bridgehead atoms. The lowest BCUT2D eigenvalue weighted by molar-refractivity contribution is -0.159. The molecule has 1 aromatic rings. The van der Waals surface area contributed by atoms with Crippen molar-refractivity contribution in [3.8, 4) is 0 Å². The summed E-state index contributed by atoms with van der Waals surface area (Å²) in [6, 6.07) is 6.44. The first-order valence-corrected chi connectivity index (χ1v) is 5.99. The molecule has 21 heavy (non-hydrogen) atoms. The van der Waals surface area contributed by atoms with Crippen molar-refractivity contribution in [1.82, 2.24) is 0 Å². The number of ether oxygens (including phenoxy) is 1. The average Bonchev–Trinajstić information content (AvgIpc) is 2.37. The number of carbonyl (C=O) groups is 2. The first-order chi connectivity index (χ1) is 9.70. The lowest BCUT2D eigenvalue weighted by Gasteiger charge is -2.23. The Hall–Kier alpha value is -2.25. The standard InChI is InChI=1S/C13H14F3NO4/c1-9-4-2-3-5-10(9)17(7-6-11(18)19)12(20)21-8-13(14,15)16/h2-5H,6-8H2,1H3,(H,18,19). The molecule has 1 aromatic carbocycles. The molecule has 5 nitrogen and oxygen atoms in total. The number of carboxylic acids is 1. The van der Waals surface area contributed by atoms with Crippen molar-refractivity contribution in [1.29, 1.82) is 0 Å². The highest BCUT2D eigenvalue weighted by molar-refractivity contribution is 5.89. The Labute approximate surface area is 118 Å². The lowest BCUT2D eigenvalue weighted by atomic mass is 10.2. The van der Waals surface area contributed by atoms with E-state index in [9.17, 15) is 22.8 Å². The molecular weight excluding hydrogens is 291 g/mol. The van der Waals surface area contributed by atoms with Crippen LogP contribution in [-0.2, 0) is 9.53 Å². The average molecular weight is 305 g/mol. The lowest BCUT2D eigenvalue weighted by Crippen LogP contribution is -2.36. The molecular formula is C13H14F3NO4. The monoisotopic (exact) mass is 305 g/mol. The number of halogens is 3. The molecule has 0 aliphatic heterocycles. The highest BCUT2D eigenvalue weighted by Gasteiger charge is 2.31. The largest absolute Gasteiger partial charge is 0.481 e. The van der Waals surface area contributed by atoms with Gasteiger partial charge >= 0.3 is 18.2 Å². The van der Waals surface area contributed by atoms with Gasteiger partial charge in [-0.25, -0.2) is 4.79 Å². The van der Waals surface area contributed by atoms with E-state index in [1.807, 2.05) is 0 Å². The minimum atomic E-state index is -4.64. The number of carbonyl (C=O) groups excluding carboxylic acids is 1. The van der Waals surface area contributed by atoms with Crippen LogP contribution >= 0.6 is 0 Å². The predicted molar refractivity (Wildman–Crippen MR) is 68.2 cm³/mol. The van der Waals surface area contributed by atoms with Gasteiger partial charge < -0.3 is 9.84 Å². The number of benzene rings is 1. The second-order valence-electron chi connectivity index (χ2n) is 4.25. The van der Waals surface area contributed by atoms with Crippen LogP contribution < -0.4 is 4.90 Å². The topological polar surface area (TPSA) is 66.8 Å². The number of aliphatic carboxylic acids is 1. The van der Waals surface area contributed by atoms with Gasteiger partial charge in [-0.15, -0.1) is 0 Å². The number of para-hydroxylation sites is 1. The van der Waals surface area contributed by atoms with E-state index in [-0.39, 0.29) is 6.54 Å². The molecule has 0 fully saturated rings. The predicted octanol–water partition coefficient (Wildman–Crippen LogP) is 2.98. The Balaban J connectivity index is 2.89. The zero-order chi connectivity index (χ0) is 16.0. The molecule has 0 aliphatic carbocycles. The van der Waals surface area contributed by atoms with Gasteiger partial charge in [0.25, 0.3) is 0 Å². The van der Waals surface area contributed by atoms with Crippen molar-refractivity contribution in [3.63, 3.8) is 0 Å². The summed E-state index contributed by atoms with van der Waals surface area (Å²) in [6.45, 7) is -0.349. The van der Waals surface area contributed by atoms with Gasteiger partial charge in [0.05, 0.1) is 6.42 Å². The fourth-order valence-corrected chi connectivity index (χ4v) is 1.61. The molecule has 0 atom stereocenters. The number of hydrogen-bond donors (Lipinski definition) is 1. The molecule has 0 saturated carbocycles. The molecule has 0 saturated heterocycles. The SMILES string of the molecule is Cc1ccccc1N(CCC(=O)O)C(=O)OCC(F)(F)F. The number of carboxylic acid groups (broad SMARTS) is 1. The fourth-order valence-electron chi connectivity index (χ4n) is 1.61. The second-order valence-corrected chi connectivity index (χ2v) is 4.25. The maximum atomic E-state index is 12.1. The van der Waals surface area contributed by atoms with E-state index in [1.54, 1.807) is 25.1 Å². The summed E-state index contributed by atoms with van der Waals surface area (Å²) < 4.78 is 40.4. The number of anilines is 1. The van der Waals surface area contributed by atoms with Gasteiger partial charge in [-0.3, -0.25) is 9.69 Å². The van der Waals surface area contributed by atoms with Crippen LogP contribution in [0, 0.1) is 6.92 Å². The van der Waals surface area contributed by atoms with Crippen LogP contribution in [0.1, 0.15) is 12.0 Å². The molecule has 1 amide bonds. The quantitative estimate of drug-likeness (QED) is 0.908. The third-order valence-corrected chi connectivity index (χ3v) is 2.54. The number of alkyl halides is 3. The molecule has 1 N–H and O–H groups in total. The van der Waals surface area contributed by atoms with Gasteiger partial charge in [0.15, 0.2) is 6.61 Å². The highest BCUT2D eigenvalue weighted by Crippen LogP contribution is 2.22. The van der Waals surface area contributed by atoms with Crippen molar-refractivity contribution in [3.05, 3.63) is 29.8 Å². The molecule has 116 valence electrons. The molecule has 8 heteroatoms. The van der Waals surface area contributed by atoms with E-state index >= 15 is 0 Å². The van der Waals surface area contributed by atoms with E-state index in [1.165, 1.54) is 6.07 Å². The first-order valence-electron chi connectivity index (χ1n) is 5.99. The molecule has 0 aromatic heterocycles. The van der Waals surface area contributed by atoms with Crippen molar-refractivity contribution >= 4 is 17.7 Å². The number of hydrogen-bond acceptors (Lipinski definition) is 3. The second kappa shape index (κ2) is 6.96. The van der Waals surface area contributed by atoms with Crippen LogP contribution in [0.4, 0.5) is 23.7 Å². The zero-order valence-corrected chi connectivity index (χ0v) is 11.2. The summed E-state index contributed by atoms with van der Waals surface area (Å²) in [7, 11) is 0. The van der Waals surface area contributed by atoms with Crippen LogP contribution in [-0.4, -0.2) is 36.5 Å². The van der Waals surface area contributed by atoms with Gasteiger partial charge in [-0.1, -0.05) is 18.2 Å². The van der Waals surface area contributed by atoms with Gasteiger partial charge in [0.1, 0.15) is 0 Å². The van der Waals surface area contributed by atoms with Crippen molar-refractivity contribution in [2.24, 2.45) is 0 Å².